The molecule has 1 unspecified atom stereocenters. The van der Waals surface area contributed by atoms with Gasteiger partial charge < -0.3 is 5.32 Å². The molecule has 1 N–H and O–H groups in total. The van der Waals surface area contributed by atoms with Crippen molar-refractivity contribution in [2.45, 2.75) is 40.2 Å². The van der Waals surface area contributed by atoms with Gasteiger partial charge in [0.25, 0.3) is 10.2 Å². The van der Waals surface area contributed by atoms with Crippen LogP contribution in [-0.4, -0.2) is 56.3 Å². The molecular weight excluding hydrogens is 250 g/mol. The fourth-order valence-electron chi connectivity index (χ4n) is 1.98. The molecule has 0 aromatic heterocycles. The van der Waals surface area contributed by atoms with Crippen molar-refractivity contribution in [2.75, 3.05) is 33.2 Å². The van der Waals surface area contributed by atoms with E-state index in [1.54, 1.807) is 11.4 Å². The third kappa shape index (κ3) is 3.66. The Morgan fingerprint density at radius 1 is 1.22 bits per heavy atom. The molecule has 108 valence electrons. The molecule has 0 aromatic carbocycles. The highest BCUT2D eigenvalue weighted by molar-refractivity contribution is 7.86. The van der Waals surface area contributed by atoms with E-state index in [0.29, 0.717) is 13.1 Å². The molecule has 0 radical (unpaired) electrons. The molecule has 0 aliphatic carbocycles. The van der Waals surface area contributed by atoms with Gasteiger partial charge in [0, 0.05) is 32.7 Å². The minimum Gasteiger partial charge on any atom is -0.315 e. The van der Waals surface area contributed by atoms with Crippen molar-refractivity contribution in [2.24, 2.45) is 5.41 Å². The zero-order valence-corrected chi connectivity index (χ0v) is 13.0. The van der Waals surface area contributed by atoms with Gasteiger partial charge in [0.05, 0.1) is 0 Å². The van der Waals surface area contributed by atoms with E-state index in [-0.39, 0.29) is 11.5 Å². The molecule has 5 nitrogen and oxygen atoms in total. The average molecular weight is 277 g/mol. The van der Waals surface area contributed by atoms with Crippen molar-refractivity contribution in [1.29, 1.82) is 0 Å². The Bertz CT molecular complexity index is 354. The highest BCUT2D eigenvalue weighted by Crippen LogP contribution is 2.26. The lowest BCUT2D eigenvalue weighted by Gasteiger charge is -2.37. The van der Waals surface area contributed by atoms with Gasteiger partial charge in [0.1, 0.15) is 0 Å². The first kappa shape index (κ1) is 15.9. The topological polar surface area (TPSA) is 52.7 Å². The van der Waals surface area contributed by atoms with Crippen LogP contribution in [0.5, 0.6) is 0 Å². The normalized spacial score (nSPS) is 21.9. The summed E-state index contributed by atoms with van der Waals surface area (Å²) < 4.78 is 28.2. The third-order valence-corrected chi connectivity index (χ3v) is 5.85. The minimum absolute atomic E-state index is 0.0290. The summed E-state index contributed by atoms with van der Waals surface area (Å²) in [6.45, 7) is 10.9. The fourth-order valence-corrected chi connectivity index (χ4v) is 3.74. The SMILES string of the molecule is CC(N(C)S(=O)(=O)N1CCCNCC1)C(C)(C)C. The largest absolute Gasteiger partial charge is 0.315 e. The van der Waals surface area contributed by atoms with Crippen LogP contribution in [0, 0.1) is 5.41 Å². The Labute approximate surface area is 112 Å². The van der Waals surface area contributed by atoms with Gasteiger partial charge in [-0.2, -0.15) is 17.0 Å². The molecule has 0 spiro atoms. The number of nitrogens with one attached hydrogen (secondary N) is 1. The Kier molecular flexibility index (Phi) is 5.17. The maximum Gasteiger partial charge on any atom is 0.282 e. The van der Waals surface area contributed by atoms with Crippen LogP contribution in [0.1, 0.15) is 34.1 Å². The van der Waals surface area contributed by atoms with Gasteiger partial charge in [-0.3, -0.25) is 0 Å². The highest BCUT2D eigenvalue weighted by atomic mass is 32.2. The maximum absolute atomic E-state index is 12.6. The molecule has 0 bridgehead atoms. The van der Waals surface area contributed by atoms with Gasteiger partial charge in [-0.15, -0.1) is 0 Å². The fraction of sp³-hybridized carbons (Fsp3) is 1.00. The molecule has 1 rings (SSSR count). The first-order valence-corrected chi connectivity index (χ1v) is 8.01. The van der Waals surface area contributed by atoms with Gasteiger partial charge >= 0.3 is 0 Å². The zero-order valence-electron chi connectivity index (χ0n) is 12.2. The summed E-state index contributed by atoms with van der Waals surface area (Å²) in [6, 6.07) is -0.0290. The molecule has 1 heterocycles. The highest BCUT2D eigenvalue weighted by Gasteiger charge is 2.35. The third-order valence-electron chi connectivity index (χ3n) is 3.79. The van der Waals surface area contributed by atoms with Crippen molar-refractivity contribution in [3.63, 3.8) is 0 Å². The van der Waals surface area contributed by atoms with E-state index >= 15 is 0 Å². The molecule has 1 saturated heterocycles. The standard InChI is InChI=1S/C12H27N3O2S/c1-11(12(2,3)4)14(5)18(16,17)15-9-6-7-13-8-10-15/h11,13H,6-10H2,1-5H3. The summed E-state index contributed by atoms with van der Waals surface area (Å²) in [5.41, 5.74) is -0.0636. The van der Waals surface area contributed by atoms with Gasteiger partial charge in [0.2, 0.25) is 0 Å². The molecule has 1 aliphatic heterocycles. The molecule has 0 aromatic rings. The molecule has 18 heavy (non-hydrogen) atoms. The summed E-state index contributed by atoms with van der Waals surface area (Å²) in [7, 11) is -1.66. The number of hydrogen-bond donors (Lipinski definition) is 1. The predicted molar refractivity (Wildman–Crippen MR) is 74.7 cm³/mol. The van der Waals surface area contributed by atoms with Gasteiger partial charge in [-0.05, 0) is 25.3 Å². The quantitative estimate of drug-likeness (QED) is 0.833. The lowest BCUT2D eigenvalue weighted by molar-refractivity contribution is 0.205. The molecule has 0 saturated carbocycles. The number of rotatable bonds is 3. The number of hydrogen-bond acceptors (Lipinski definition) is 3. The Hall–Kier alpha value is -0.170. The molecule has 1 aliphatic rings. The molecule has 0 amide bonds. The first-order valence-electron chi connectivity index (χ1n) is 6.61. The minimum atomic E-state index is -3.34. The van der Waals surface area contributed by atoms with E-state index in [0.717, 1.165) is 19.5 Å². The first-order chi connectivity index (χ1) is 8.17. The van der Waals surface area contributed by atoms with Crippen molar-refractivity contribution >= 4 is 10.2 Å². The molecular formula is C12H27N3O2S. The van der Waals surface area contributed by atoms with Gasteiger partial charge in [-0.25, -0.2) is 0 Å². The van der Waals surface area contributed by atoms with Crippen LogP contribution in [0.2, 0.25) is 0 Å². The zero-order chi connectivity index (χ0) is 14.0. The monoisotopic (exact) mass is 277 g/mol. The average Bonchev–Trinajstić information content (AvgIpc) is 2.54. The molecule has 1 fully saturated rings. The van der Waals surface area contributed by atoms with E-state index < -0.39 is 10.2 Å². The molecule has 6 heteroatoms. The van der Waals surface area contributed by atoms with E-state index in [2.05, 4.69) is 26.1 Å². The summed E-state index contributed by atoms with van der Waals surface area (Å²) >= 11 is 0. The Morgan fingerprint density at radius 3 is 2.39 bits per heavy atom. The van der Waals surface area contributed by atoms with Crippen molar-refractivity contribution in [3.05, 3.63) is 0 Å². The Balaban J connectivity index is 2.84. The summed E-state index contributed by atoms with van der Waals surface area (Å²) in [6.07, 6.45) is 0.872. The van der Waals surface area contributed by atoms with Gasteiger partial charge in [-0.1, -0.05) is 20.8 Å². The van der Waals surface area contributed by atoms with Crippen LogP contribution in [0.15, 0.2) is 0 Å². The van der Waals surface area contributed by atoms with Crippen LogP contribution >= 0.6 is 0 Å². The van der Waals surface area contributed by atoms with E-state index in [9.17, 15) is 8.42 Å². The van der Waals surface area contributed by atoms with Crippen LogP contribution in [0.4, 0.5) is 0 Å². The van der Waals surface area contributed by atoms with Crippen LogP contribution < -0.4 is 5.32 Å². The Morgan fingerprint density at radius 2 is 1.83 bits per heavy atom. The van der Waals surface area contributed by atoms with Crippen molar-refractivity contribution < 1.29 is 8.42 Å². The second kappa shape index (κ2) is 5.86. The summed E-state index contributed by atoms with van der Waals surface area (Å²) in [5.74, 6) is 0. The lowest BCUT2D eigenvalue weighted by Crippen LogP contribution is -2.50. The second-order valence-corrected chi connectivity index (χ2v) is 8.06. The van der Waals surface area contributed by atoms with Crippen molar-refractivity contribution in [3.8, 4) is 0 Å². The predicted octanol–water partition coefficient (Wildman–Crippen LogP) is 0.893. The summed E-state index contributed by atoms with van der Waals surface area (Å²) in [5, 5.41) is 3.22. The maximum atomic E-state index is 12.6. The van der Waals surface area contributed by atoms with Crippen molar-refractivity contribution in [1.82, 2.24) is 13.9 Å². The summed E-state index contributed by atoms with van der Waals surface area (Å²) in [4.78, 5) is 0. The van der Waals surface area contributed by atoms with E-state index in [1.807, 2.05) is 6.92 Å². The van der Waals surface area contributed by atoms with E-state index in [1.165, 1.54) is 4.31 Å². The van der Waals surface area contributed by atoms with E-state index in [4.69, 9.17) is 0 Å². The second-order valence-electron chi connectivity index (χ2n) is 6.07. The van der Waals surface area contributed by atoms with Crippen LogP contribution in [0.25, 0.3) is 0 Å². The van der Waals surface area contributed by atoms with Gasteiger partial charge in [0.15, 0.2) is 0 Å². The van der Waals surface area contributed by atoms with Crippen LogP contribution in [0.3, 0.4) is 0 Å². The smallest absolute Gasteiger partial charge is 0.282 e. The molecule has 1 atom stereocenters. The lowest BCUT2D eigenvalue weighted by atomic mass is 9.88. The van der Waals surface area contributed by atoms with Crippen LogP contribution in [-0.2, 0) is 10.2 Å². The number of nitrogens with zero attached hydrogens (tertiary/aromatic N) is 2.